The summed E-state index contributed by atoms with van der Waals surface area (Å²) in [6, 6.07) is 15.3. The largest absolute Gasteiger partial charge is 0.369 e. The van der Waals surface area contributed by atoms with E-state index in [1.54, 1.807) is 0 Å². The van der Waals surface area contributed by atoms with Crippen LogP contribution in [0.1, 0.15) is 42.0 Å². The van der Waals surface area contributed by atoms with Gasteiger partial charge in [0.25, 0.3) is 0 Å². The molecule has 0 unspecified atom stereocenters. The Morgan fingerprint density at radius 1 is 1.04 bits per heavy atom. The number of aryl methyl sites for hydroxylation is 2. The van der Waals surface area contributed by atoms with E-state index in [0.717, 1.165) is 24.5 Å². The molecule has 3 nitrogen and oxygen atoms in total. The van der Waals surface area contributed by atoms with Crippen LogP contribution in [0.2, 0.25) is 0 Å². The third-order valence-corrected chi connectivity index (χ3v) is 4.93. The van der Waals surface area contributed by atoms with Gasteiger partial charge in [-0.25, -0.2) is 4.68 Å². The maximum Gasteiger partial charge on any atom is 0.133 e. The Kier molecular flexibility index (Phi) is 3.87. The van der Waals surface area contributed by atoms with Gasteiger partial charge in [-0.3, -0.25) is 0 Å². The van der Waals surface area contributed by atoms with E-state index in [4.69, 9.17) is 5.10 Å². The highest BCUT2D eigenvalue weighted by molar-refractivity contribution is 5.74. The standard InChI is InChI=1S/C22H25N3/c1-14(2)18-7-5-6-8-20(18)25-22-19(9-10-23-22)21(24-25)17-12-15(3)11-16(4)13-17/h5-8,11-14,23H,9-10H2,1-4H3. The smallest absolute Gasteiger partial charge is 0.133 e. The number of fused-ring (bicyclic) bond motifs is 1. The van der Waals surface area contributed by atoms with Gasteiger partial charge in [0.15, 0.2) is 0 Å². The Morgan fingerprint density at radius 3 is 2.48 bits per heavy atom. The third kappa shape index (κ3) is 2.74. The molecule has 128 valence electrons. The molecule has 0 saturated heterocycles. The molecule has 0 atom stereocenters. The monoisotopic (exact) mass is 331 g/mol. The van der Waals surface area contributed by atoms with Gasteiger partial charge in [-0.05, 0) is 49.9 Å². The van der Waals surface area contributed by atoms with Crippen molar-refractivity contribution in [3.8, 4) is 16.9 Å². The van der Waals surface area contributed by atoms with Gasteiger partial charge in [-0.15, -0.1) is 0 Å². The fraction of sp³-hybridized carbons (Fsp3) is 0.318. The second kappa shape index (κ2) is 6.07. The molecule has 2 heterocycles. The highest BCUT2D eigenvalue weighted by Crippen LogP contribution is 2.36. The molecule has 0 bridgehead atoms. The van der Waals surface area contributed by atoms with Gasteiger partial charge in [0.1, 0.15) is 5.82 Å². The normalized spacial score (nSPS) is 13.2. The number of benzene rings is 2. The van der Waals surface area contributed by atoms with E-state index >= 15 is 0 Å². The first-order chi connectivity index (χ1) is 12.0. The van der Waals surface area contributed by atoms with Crippen molar-refractivity contribution in [3.05, 3.63) is 64.7 Å². The van der Waals surface area contributed by atoms with Crippen molar-refractivity contribution in [1.82, 2.24) is 9.78 Å². The van der Waals surface area contributed by atoms with E-state index in [1.165, 1.54) is 33.5 Å². The van der Waals surface area contributed by atoms with E-state index in [9.17, 15) is 0 Å². The summed E-state index contributed by atoms with van der Waals surface area (Å²) in [5, 5.41) is 8.60. The first kappa shape index (κ1) is 15.9. The molecule has 0 amide bonds. The minimum absolute atomic E-state index is 0.460. The molecular weight excluding hydrogens is 306 g/mol. The highest BCUT2D eigenvalue weighted by Gasteiger charge is 2.25. The topological polar surface area (TPSA) is 29.9 Å². The molecule has 2 aromatic carbocycles. The van der Waals surface area contributed by atoms with Crippen LogP contribution in [0, 0.1) is 13.8 Å². The van der Waals surface area contributed by atoms with Crippen LogP contribution in [-0.2, 0) is 6.42 Å². The summed E-state index contributed by atoms with van der Waals surface area (Å²) in [7, 11) is 0. The van der Waals surface area contributed by atoms with Crippen LogP contribution in [0.3, 0.4) is 0 Å². The first-order valence-corrected chi connectivity index (χ1v) is 9.08. The molecule has 1 N–H and O–H groups in total. The van der Waals surface area contributed by atoms with Crippen LogP contribution in [0.4, 0.5) is 5.82 Å². The zero-order valence-electron chi connectivity index (χ0n) is 15.4. The molecule has 0 aliphatic carbocycles. The van der Waals surface area contributed by atoms with Crippen LogP contribution in [0.25, 0.3) is 16.9 Å². The van der Waals surface area contributed by atoms with E-state index < -0.39 is 0 Å². The first-order valence-electron chi connectivity index (χ1n) is 9.08. The van der Waals surface area contributed by atoms with Crippen LogP contribution in [0.15, 0.2) is 42.5 Å². The molecule has 0 fully saturated rings. The van der Waals surface area contributed by atoms with Crippen molar-refractivity contribution in [3.63, 3.8) is 0 Å². The van der Waals surface area contributed by atoms with Crippen LogP contribution < -0.4 is 5.32 Å². The van der Waals surface area contributed by atoms with Gasteiger partial charge in [0, 0.05) is 17.7 Å². The maximum absolute atomic E-state index is 5.05. The quantitative estimate of drug-likeness (QED) is 0.710. The number of para-hydroxylation sites is 1. The number of rotatable bonds is 3. The number of hydrogen-bond acceptors (Lipinski definition) is 2. The summed E-state index contributed by atoms with van der Waals surface area (Å²) in [5.74, 6) is 1.62. The van der Waals surface area contributed by atoms with Crippen molar-refractivity contribution in [2.75, 3.05) is 11.9 Å². The second-order valence-corrected chi connectivity index (χ2v) is 7.35. The van der Waals surface area contributed by atoms with Gasteiger partial charge >= 0.3 is 0 Å². The Morgan fingerprint density at radius 2 is 1.76 bits per heavy atom. The van der Waals surface area contributed by atoms with Gasteiger partial charge in [-0.1, -0.05) is 49.2 Å². The minimum atomic E-state index is 0.460. The summed E-state index contributed by atoms with van der Waals surface area (Å²) in [5.41, 5.74) is 8.75. The van der Waals surface area contributed by atoms with Crippen molar-refractivity contribution >= 4 is 5.82 Å². The second-order valence-electron chi connectivity index (χ2n) is 7.35. The zero-order valence-corrected chi connectivity index (χ0v) is 15.4. The summed E-state index contributed by atoms with van der Waals surface area (Å²) in [6.45, 7) is 9.76. The molecular formula is C22H25N3. The van der Waals surface area contributed by atoms with E-state index in [-0.39, 0.29) is 0 Å². The average Bonchev–Trinajstić information content (AvgIpc) is 3.16. The van der Waals surface area contributed by atoms with Gasteiger partial charge in [-0.2, -0.15) is 5.10 Å². The number of hydrogen-bond donors (Lipinski definition) is 1. The van der Waals surface area contributed by atoms with Crippen molar-refractivity contribution in [1.29, 1.82) is 0 Å². The summed E-state index contributed by atoms with van der Waals surface area (Å²) < 4.78 is 2.12. The van der Waals surface area contributed by atoms with Crippen LogP contribution >= 0.6 is 0 Å². The fourth-order valence-electron chi connectivity index (χ4n) is 3.86. The predicted octanol–water partition coefficient (Wildman–Crippen LogP) is 5.25. The lowest BCUT2D eigenvalue weighted by atomic mass is 10.0. The lowest BCUT2D eigenvalue weighted by Gasteiger charge is -2.14. The molecule has 3 heteroatoms. The Balaban J connectivity index is 1.93. The van der Waals surface area contributed by atoms with Crippen LogP contribution in [-0.4, -0.2) is 16.3 Å². The van der Waals surface area contributed by atoms with Crippen molar-refractivity contribution < 1.29 is 0 Å². The van der Waals surface area contributed by atoms with Gasteiger partial charge in [0.2, 0.25) is 0 Å². The average molecular weight is 331 g/mol. The third-order valence-electron chi connectivity index (χ3n) is 4.93. The van der Waals surface area contributed by atoms with E-state index in [2.05, 4.69) is 80.2 Å². The van der Waals surface area contributed by atoms with Gasteiger partial charge < -0.3 is 5.32 Å². The zero-order chi connectivity index (χ0) is 17.6. The molecule has 1 aromatic heterocycles. The van der Waals surface area contributed by atoms with Crippen molar-refractivity contribution in [2.24, 2.45) is 0 Å². The lowest BCUT2D eigenvalue weighted by Crippen LogP contribution is -2.07. The molecule has 0 spiro atoms. The summed E-state index contributed by atoms with van der Waals surface area (Å²) in [6.07, 6.45) is 1.03. The SMILES string of the molecule is Cc1cc(C)cc(-c2nn(-c3ccccc3C(C)C)c3c2CCN3)c1. The number of nitrogens with zero attached hydrogens (tertiary/aromatic N) is 2. The van der Waals surface area contributed by atoms with E-state index in [0.29, 0.717) is 5.92 Å². The highest BCUT2D eigenvalue weighted by atomic mass is 15.3. The summed E-state index contributed by atoms with van der Waals surface area (Å²) >= 11 is 0. The molecule has 4 rings (SSSR count). The molecule has 1 aliphatic rings. The molecule has 3 aromatic rings. The molecule has 25 heavy (non-hydrogen) atoms. The summed E-state index contributed by atoms with van der Waals surface area (Å²) in [4.78, 5) is 0. The van der Waals surface area contributed by atoms with E-state index in [1.807, 2.05) is 0 Å². The molecule has 0 saturated carbocycles. The Hall–Kier alpha value is -2.55. The fourth-order valence-corrected chi connectivity index (χ4v) is 3.86. The number of aromatic nitrogens is 2. The molecule has 0 radical (unpaired) electrons. The Bertz CT molecular complexity index is 914. The van der Waals surface area contributed by atoms with Crippen molar-refractivity contribution in [2.45, 2.75) is 40.0 Å². The lowest BCUT2D eigenvalue weighted by molar-refractivity contribution is 0.812. The molecule has 1 aliphatic heterocycles. The Labute approximate surface area is 149 Å². The maximum atomic E-state index is 5.05. The predicted molar refractivity (Wildman–Crippen MR) is 105 cm³/mol. The van der Waals surface area contributed by atoms with Crippen LogP contribution in [0.5, 0.6) is 0 Å². The number of anilines is 1. The van der Waals surface area contributed by atoms with Gasteiger partial charge in [0.05, 0.1) is 11.4 Å². The number of nitrogens with one attached hydrogen (secondary N) is 1. The minimum Gasteiger partial charge on any atom is -0.369 e.